The molecule has 0 atom stereocenters. The van der Waals surface area contributed by atoms with E-state index < -0.39 is 0 Å². The van der Waals surface area contributed by atoms with Gasteiger partial charge in [0.05, 0.1) is 55.5 Å². The molecule has 0 bridgehead atoms. The van der Waals surface area contributed by atoms with Crippen molar-refractivity contribution in [3.05, 3.63) is 448 Å². The first-order valence-electron chi connectivity index (χ1n) is 42.9. The van der Waals surface area contributed by atoms with Gasteiger partial charge >= 0.3 is 0 Å². The third-order valence-electron chi connectivity index (χ3n) is 24.6. The highest BCUT2D eigenvalue weighted by Crippen LogP contribution is 2.52. The first-order chi connectivity index (χ1) is 62.8. The summed E-state index contributed by atoms with van der Waals surface area (Å²) in [5, 5.41) is 9.70. The van der Waals surface area contributed by atoms with Crippen LogP contribution in [0.5, 0.6) is 0 Å². The van der Waals surface area contributed by atoms with Gasteiger partial charge in [-0.3, -0.25) is 4.57 Å². The summed E-state index contributed by atoms with van der Waals surface area (Å²) in [6, 6.07) is 152. The molecule has 0 spiro atoms. The van der Waals surface area contributed by atoms with Crippen LogP contribution in [0.3, 0.4) is 0 Å². The molecule has 25 rings (SSSR count). The Morgan fingerprint density at radius 3 is 0.969 bits per heavy atom. The Balaban J connectivity index is 0.000000110. The van der Waals surface area contributed by atoms with Gasteiger partial charge in [0.15, 0.2) is 34.9 Å². The van der Waals surface area contributed by atoms with E-state index in [0.717, 1.165) is 106 Å². The zero-order chi connectivity index (χ0) is 84.5. The average Bonchev–Trinajstić information content (AvgIpc) is 1.55. The highest BCUT2D eigenvalue weighted by Gasteiger charge is 2.37. The molecule has 1 aliphatic rings. The molecule has 0 radical (unpaired) electrons. The highest BCUT2D eigenvalue weighted by atomic mass is 15.2. The Morgan fingerprint density at radius 2 is 0.504 bits per heavy atom. The van der Waals surface area contributed by atoms with Gasteiger partial charge in [0.25, 0.3) is 0 Å². The van der Waals surface area contributed by atoms with Crippen molar-refractivity contribution in [1.29, 1.82) is 0 Å². The maximum atomic E-state index is 5.17. The lowest BCUT2D eigenvalue weighted by atomic mass is 9.82. The van der Waals surface area contributed by atoms with Gasteiger partial charge in [0.1, 0.15) is 0 Å². The standard InChI is InChI=1S/C43H31N3.C39H25N5.C33H22N4/c1-43(2)36-22-11-9-20-32(36)34-25-35-33-21-10-12-23-40(33)46(41(35)26-37(34)43)31-19-13-18-30(24-31)42-44-38(28-14-5-3-6-15-28)27-39(45-42)29-16-7-4-8-17-29;1-4-14-26(15-5-1)37-40-38(27-16-6-2-7-17-27)42-39(41-37)44-34-23-13-11-21-30(34)32-25-24-31-29-20-10-12-22-33(29)43(35(31)36(32)44)28-18-8-3-9-19-28;1-3-11-23(12-4-1)31-34-32(24-13-5-2-6-14-24)36-33(35-31)25-19-21-26(22-20-25)37-29-17-9-7-15-27(29)28-16-8-10-18-30(28)37/h3-27H,1-2H3;1-25H;1-22H. The average molecular weight is 1630 g/mol. The third-order valence-corrected chi connectivity index (χ3v) is 24.6. The van der Waals surface area contributed by atoms with Crippen LogP contribution in [0.4, 0.5) is 0 Å². The van der Waals surface area contributed by atoms with Gasteiger partial charge in [-0.1, -0.05) is 354 Å². The van der Waals surface area contributed by atoms with E-state index in [9.17, 15) is 0 Å². The fourth-order valence-corrected chi connectivity index (χ4v) is 18.7. The number of para-hydroxylation sites is 6. The normalized spacial score (nSPS) is 12.1. The summed E-state index contributed by atoms with van der Waals surface area (Å²) in [5.74, 6) is 4.54. The van der Waals surface area contributed by atoms with E-state index in [-0.39, 0.29) is 5.41 Å². The van der Waals surface area contributed by atoms with Gasteiger partial charge < -0.3 is 13.7 Å². The van der Waals surface area contributed by atoms with Gasteiger partial charge in [-0.2, -0.15) is 9.97 Å². The Hall–Kier alpha value is -17.0. The van der Waals surface area contributed by atoms with E-state index in [1.807, 2.05) is 133 Å². The van der Waals surface area contributed by atoms with E-state index in [1.165, 1.54) is 76.6 Å². The molecule has 0 unspecified atom stereocenters. The summed E-state index contributed by atoms with van der Waals surface area (Å²) < 4.78 is 9.32. The number of rotatable bonds is 12. The Bertz CT molecular complexity index is 8090. The molecule has 7 aromatic heterocycles. The van der Waals surface area contributed by atoms with Crippen LogP contribution in [0, 0.1) is 0 Å². The molecule has 12 heteroatoms. The molecule has 0 N–H and O–H groups in total. The summed E-state index contributed by atoms with van der Waals surface area (Å²) in [6.07, 6.45) is 0. The lowest BCUT2D eigenvalue weighted by Crippen LogP contribution is -2.14. The molecule has 24 aromatic rings. The second kappa shape index (κ2) is 31.5. The lowest BCUT2D eigenvalue weighted by molar-refractivity contribution is 0.661. The Morgan fingerprint density at radius 1 is 0.181 bits per heavy atom. The predicted octanol–water partition coefficient (Wildman–Crippen LogP) is 28.3. The van der Waals surface area contributed by atoms with Crippen molar-refractivity contribution in [2.24, 2.45) is 0 Å². The van der Waals surface area contributed by atoms with Crippen LogP contribution in [0.25, 0.3) is 212 Å². The second-order valence-electron chi connectivity index (χ2n) is 32.6. The maximum absolute atomic E-state index is 5.17. The van der Waals surface area contributed by atoms with E-state index >= 15 is 0 Å². The molecule has 127 heavy (non-hydrogen) atoms. The molecule has 0 saturated carbocycles. The molecule has 0 amide bonds. The minimum atomic E-state index is -0.0805. The largest absolute Gasteiger partial charge is 0.309 e. The maximum Gasteiger partial charge on any atom is 0.238 e. The summed E-state index contributed by atoms with van der Waals surface area (Å²) in [5.41, 5.74) is 27.5. The minimum absolute atomic E-state index is 0.0805. The molecular formula is C115H78N12. The molecule has 7 heterocycles. The van der Waals surface area contributed by atoms with Gasteiger partial charge in [-0.05, 0) is 119 Å². The van der Waals surface area contributed by atoms with Crippen LogP contribution in [-0.4, -0.2) is 58.1 Å². The highest BCUT2D eigenvalue weighted by molar-refractivity contribution is 6.24. The molecule has 17 aromatic carbocycles. The number of fused-ring (bicyclic) bond motifs is 16. The first-order valence-corrected chi connectivity index (χ1v) is 42.9. The lowest BCUT2D eigenvalue weighted by Gasteiger charge is -2.21. The van der Waals surface area contributed by atoms with Crippen LogP contribution in [-0.2, 0) is 5.41 Å². The number of aromatic nitrogens is 12. The topological polar surface area (TPSA) is 123 Å². The molecule has 0 fully saturated rings. The molecule has 0 saturated heterocycles. The van der Waals surface area contributed by atoms with Crippen molar-refractivity contribution < 1.29 is 0 Å². The quantitative estimate of drug-likeness (QED) is 0.119. The van der Waals surface area contributed by atoms with Crippen molar-refractivity contribution in [1.82, 2.24) is 58.1 Å². The SMILES string of the molecule is CC1(C)c2ccccc2-c2cc3c4ccccc4n(-c4cccc(-c5nc(-c6ccccc6)cc(-c6ccccc6)n5)c4)c3cc21.c1ccc(-c2nc(-c3ccccc3)nc(-c3ccc(-n4c5ccccc5c5ccccc54)cc3)n2)cc1.c1ccc(-c2nc(-c3ccccc3)nc(-n3c4ccccc4c4ccc5c6ccccc6n(-c6ccccc6)c5c43)n2)cc1. The van der Waals surface area contributed by atoms with Crippen LogP contribution in [0.2, 0.25) is 0 Å². The fraction of sp³-hybridized carbons (Fsp3) is 0.0261. The Labute approximate surface area is 732 Å². The molecule has 0 aliphatic heterocycles. The van der Waals surface area contributed by atoms with Gasteiger partial charge in [-0.25, -0.2) is 29.9 Å². The van der Waals surface area contributed by atoms with Crippen LogP contribution in [0.15, 0.2) is 437 Å². The number of hydrogen-bond donors (Lipinski definition) is 0. The van der Waals surface area contributed by atoms with E-state index in [4.69, 9.17) is 39.9 Å². The predicted molar refractivity (Wildman–Crippen MR) is 520 cm³/mol. The summed E-state index contributed by atoms with van der Waals surface area (Å²) in [7, 11) is 0. The van der Waals surface area contributed by atoms with Gasteiger partial charge in [0, 0.05) is 110 Å². The molecule has 598 valence electrons. The van der Waals surface area contributed by atoms with Crippen LogP contribution in [0.1, 0.15) is 25.0 Å². The van der Waals surface area contributed by atoms with E-state index in [1.54, 1.807) is 0 Å². The number of nitrogens with zero attached hydrogens (tertiary/aromatic N) is 12. The Kier molecular flexibility index (Phi) is 18.6. The smallest absolute Gasteiger partial charge is 0.238 e. The van der Waals surface area contributed by atoms with Crippen LogP contribution < -0.4 is 0 Å². The van der Waals surface area contributed by atoms with Crippen molar-refractivity contribution in [2.75, 3.05) is 0 Å². The summed E-state index contributed by atoms with van der Waals surface area (Å²) >= 11 is 0. The van der Waals surface area contributed by atoms with Gasteiger partial charge in [-0.15, -0.1) is 0 Å². The van der Waals surface area contributed by atoms with E-state index in [2.05, 4.69) is 335 Å². The number of benzene rings is 17. The van der Waals surface area contributed by atoms with Crippen molar-refractivity contribution in [3.63, 3.8) is 0 Å². The number of hydrogen-bond acceptors (Lipinski definition) is 8. The van der Waals surface area contributed by atoms with Crippen molar-refractivity contribution in [2.45, 2.75) is 19.3 Å². The zero-order valence-corrected chi connectivity index (χ0v) is 69.4. The van der Waals surface area contributed by atoms with Crippen molar-refractivity contribution >= 4 is 87.2 Å². The second-order valence-corrected chi connectivity index (χ2v) is 32.6. The molecule has 1 aliphatic carbocycles. The summed E-state index contributed by atoms with van der Waals surface area (Å²) in [4.78, 5) is 40.1. The zero-order valence-electron chi connectivity index (χ0n) is 69.4. The molecule has 12 nitrogen and oxygen atoms in total. The first kappa shape index (κ1) is 75.0. The van der Waals surface area contributed by atoms with Gasteiger partial charge in [0.2, 0.25) is 5.95 Å². The van der Waals surface area contributed by atoms with Crippen LogP contribution >= 0.6 is 0 Å². The summed E-state index contributed by atoms with van der Waals surface area (Å²) in [6.45, 7) is 4.69. The molecular weight excluding hydrogens is 1550 g/mol. The fourth-order valence-electron chi connectivity index (χ4n) is 18.7. The van der Waals surface area contributed by atoms with Crippen molar-refractivity contribution in [3.8, 4) is 125 Å². The van der Waals surface area contributed by atoms with E-state index in [0.29, 0.717) is 40.9 Å². The minimum Gasteiger partial charge on any atom is -0.309 e. The third kappa shape index (κ3) is 13.3. The monoisotopic (exact) mass is 1630 g/mol.